The lowest BCUT2D eigenvalue weighted by atomic mass is 10.2. The summed E-state index contributed by atoms with van der Waals surface area (Å²) >= 11 is 0. The van der Waals surface area contributed by atoms with Gasteiger partial charge in [-0.25, -0.2) is 4.99 Å². The van der Waals surface area contributed by atoms with Crippen molar-refractivity contribution < 1.29 is 0 Å². The maximum Gasteiger partial charge on any atom is 0.230 e. The summed E-state index contributed by atoms with van der Waals surface area (Å²) in [6.07, 6.45) is 1.25. The standard InChI is InChI=1S/C10H10N6/c11-9-14-8(7-4-2-1-3-5-7)15-10-12-6-13-16(9)10/h1-6,8H,(H2,11,14)(H,12,13,15). The van der Waals surface area contributed by atoms with Gasteiger partial charge in [0.05, 0.1) is 0 Å². The maximum absolute atomic E-state index is 5.79. The van der Waals surface area contributed by atoms with E-state index in [9.17, 15) is 0 Å². The molecule has 2 aromatic rings. The van der Waals surface area contributed by atoms with Gasteiger partial charge in [-0.1, -0.05) is 30.3 Å². The second-order valence-electron chi connectivity index (χ2n) is 3.44. The molecule has 0 amide bonds. The molecule has 6 nitrogen and oxygen atoms in total. The fourth-order valence-corrected chi connectivity index (χ4v) is 1.64. The second-order valence-corrected chi connectivity index (χ2v) is 3.44. The summed E-state index contributed by atoms with van der Waals surface area (Å²) in [4.78, 5) is 8.37. The van der Waals surface area contributed by atoms with Crippen molar-refractivity contribution in [1.29, 1.82) is 0 Å². The highest BCUT2D eigenvalue weighted by molar-refractivity contribution is 5.83. The molecule has 1 aliphatic rings. The minimum absolute atomic E-state index is 0.196. The molecule has 1 aromatic carbocycles. The Hall–Kier alpha value is -2.37. The molecule has 0 spiro atoms. The summed E-state index contributed by atoms with van der Waals surface area (Å²) in [5, 5.41) is 7.10. The molecule has 0 saturated heterocycles. The first-order valence-electron chi connectivity index (χ1n) is 4.90. The Bertz CT molecular complexity index is 529. The summed E-state index contributed by atoms with van der Waals surface area (Å²) in [5.74, 6) is 0.960. The van der Waals surface area contributed by atoms with Crippen LogP contribution in [0.25, 0.3) is 0 Å². The van der Waals surface area contributed by atoms with Crippen molar-refractivity contribution in [2.75, 3.05) is 5.32 Å². The number of fused-ring (bicyclic) bond motifs is 1. The third kappa shape index (κ3) is 1.31. The van der Waals surface area contributed by atoms with Crippen LogP contribution in [-0.4, -0.2) is 20.7 Å². The van der Waals surface area contributed by atoms with Crippen LogP contribution in [0.4, 0.5) is 5.95 Å². The van der Waals surface area contributed by atoms with Crippen LogP contribution >= 0.6 is 0 Å². The highest BCUT2D eigenvalue weighted by Gasteiger charge is 2.20. The van der Waals surface area contributed by atoms with E-state index in [1.807, 2.05) is 30.3 Å². The predicted molar refractivity (Wildman–Crippen MR) is 59.8 cm³/mol. The van der Waals surface area contributed by atoms with Crippen LogP contribution in [0, 0.1) is 0 Å². The smallest absolute Gasteiger partial charge is 0.230 e. The molecule has 1 aromatic heterocycles. The lowest BCUT2D eigenvalue weighted by Crippen LogP contribution is -2.32. The molecule has 3 rings (SSSR count). The molecule has 80 valence electrons. The molecule has 0 radical (unpaired) electrons. The molecule has 1 unspecified atom stereocenters. The molecule has 0 bridgehead atoms. The van der Waals surface area contributed by atoms with Crippen molar-refractivity contribution in [1.82, 2.24) is 14.8 Å². The molecular weight excluding hydrogens is 204 g/mol. The quantitative estimate of drug-likeness (QED) is 0.727. The molecule has 16 heavy (non-hydrogen) atoms. The summed E-state index contributed by atoms with van der Waals surface area (Å²) in [6, 6.07) is 9.85. The highest BCUT2D eigenvalue weighted by atomic mass is 15.5. The van der Waals surface area contributed by atoms with E-state index in [0.717, 1.165) is 5.56 Å². The number of nitrogens with zero attached hydrogens (tertiary/aromatic N) is 4. The van der Waals surface area contributed by atoms with Crippen LogP contribution in [0.1, 0.15) is 11.7 Å². The average molecular weight is 214 g/mol. The summed E-state index contributed by atoms with van der Waals surface area (Å²) in [6.45, 7) is 0. The van der Waals surface area contributed by atoms with E-state index in [1.165, 1.54) is 11.0 Å². The number of aliphatic imine (C=N–C) groups is 1. The van der Waals surface area contributed by atoms with E-state index < -0.39 is 0 Å². The van der Waals surface area contributed by atoms with Crippen LogP contribution in [-0.2, 0) is 0 Å². The molecular formula is C10H10N6. The van der Waals surface area contributed by atoms with Gasteiger partial charge in [0.15, 0.2) is 6.17 Å². The monoisotopic (exact) mass is 214 g/mol. The number of nitrogens with two attached hydrogens (primary N) is 1. The van der Waals surface area contributed by atoms with Crippen molar-refractivity contribution in [3.63, 3.8) is 0 Å². The van der Waals surface area contributed by atoms with Crippen LogP contribution < -0.4 is 11.1 Å². The first-order valence-corrected chi connectivity index (χ1v) is 4.90. The summed E-state index contributed by atoms with van der Waals surface area (Å²) < 4.78 is 1.47. The minimum Gasteiger partial charge on any atom is -0.368 e. The lowest BCUT2D eigenvalue weighted by Gasteiger charge is -2.20. The van der Waals surface area contributed by atoms with Crippen LogP contribution in [0.15, 0.2) is 41.7 Å². The van der Waals surface area contributed by atoms with E-state index in [1.54, 1.807) is 0 Å². The van der Waals surface area contributed by atoms with Crippen molar-refractivity contribution in [2.24, 2.45) is 10.7 Å². The Kier molecular flexibility index (Phi) is 1.86. The number of hydrogen-bond donors (Lipinski definition) is 2. The Balaban J connectivity index is 2.00. The SMILES string of the molecule is NC1=NC(c2ccccc2)Nc2ncnn21. The zero-order valence-electron chi connectivity index (χ0n) is 8.41. The highest BCUT2D eigenvalue weighted by Crippen LogP contribution is 2.22. The van der Waals surface area contributed by atoms with Gasteiger partial charge < -0.3 is 11.1 Å². The molecule has 0 fully saturated rings. The predicted octanol–water partition coefficient (Wildman–Crippen LogP) is 0.565. The van der Waals surface area contributed by atoms with Gasteiger partial charge in [0.2, 0.25) is 11.9 Å². The molecule has 1 atom stereocenters. The van der Waals surface area contributed by atoms with Crippen molar-refractivity contribution in [2.45, 2.75) is 6.17 Å². The van der Waals surface area contributed by atoms with Crippen molar-refractivity contribution in [3.8, 4) is 0 Å². The van der Waals surface area contributed by atoms with E-state index >= 15 is 0 Å². The zero-order chi connectivity index (χ0) is 11.0. The largest absolute Gasteiger partial charge is 0.368 e. The van der Waals surface area contributed by atoms with Crippen molar-refractivity contribution >= 4 is 11.9 Å². The number of anilines is 1. The maximum atomic E-state index is 5.79. The van der Waals surface area contributed by atoms with Crippen LogP contribution in [0.3, 0.4) is 0 Å². The molecule has 6 heteroatoms. The lowest BCUT2D eigenvalue weighted by molar-refractivity contribution is 0.751. The van der Waals surface area contributed by atoms with Gasteiger partial charge in [-0.15, -0.1) is 0 Å². The number of aromatic nitrogens is 3. The van der Waals surface area contributed by atoms with E-state index in [-0.39, 0.29) is 6.17 Å². The second kappa shape index (κ2) is 3.34. The Morgan fingerprint density at radius 2 is 2.06 bits per heavy atom. The molecule has 0 saturated carbocycles. The van der Waals surface area contributed by atoms with Crippen molar-refractivity contribution in [3.05, 3.63) is 42.2 Å². The third-order valence-electron chi connectivity index (χ3n) is 2.41. The number of rotatable bonds is 1. The summed E-state index contributed by atoms with van der Waals surface area (Å²) in [7, 11) is 0. The molecule has 2 heterocycles. The molecule has 3 N–H and O–H groups in total. The average Bonchev–Trinajstić information content (AvgIpc) is 2.79. The third-order valence-corrected chi connectivity index (χ3v) is 2.41. The fraction of sp³-hybridized carbons (Fsp3) is 0.100. The zero-order valence-corrected chi connectivity index (χ0v) is 8.41. The van der Waals surface area contributed by atoms with E-state index in [0.29, 0.717) is 11.9 Å². The Morgan fingerprint density at radius 3 is 2.88 bits per heavy atom. The Labute approximate surface area is 91.8 Å². The fourth-order valence-electron chi connectivity index (χ4n) is 1.64. The number of nitrogens with one attached hydrogen (secondary N) is 1. The van der Waals surface area contributed by atoms with E-state index in [2.05, 4.69) is 20.4 Å². The van der Waals surface area contributed by atoms with Gasteiger partial charge in [-0.2, -0.15) is 14.8 Å². The van der Waals surface area contributed by atoms with E-state index in [4.69, 9.17) is 5.73 Å². The van der Waals surface area contributed by atoms with Gasteiger partial charge in [0, 0.05) is 0 Å². The summed E-state index contributed by atoms with van der Waals surface area (Å²) in [5.41, 5.74) is 6.83. The first-order chi connectivity index (χ1) is 7.84. The van der Waals surface area contributed by atoms with Gasteiger partial charge >= 0.3 is 0 Å². The number of benzene rings is 1. The minimum atomic E-state index is -0.196. The number of hydrogen-bond acceptors (Lipinski definition) is 5. The van der Waals surface area contributed by atoms with Gasteiger partial charge in [-0.3, -0.25) is 0 Å². The van der Waals surface area contributed by atoms with Crippen LogP contribution in [0.2, 0.25) is 0 Å². The van der Waals surface area contributed by atoms with Gasteiger partial charge in [0.1, 0.15) is 6.33 Å². The topological polar surface area (TPSA) is 81.1 Å². The van der Waals surface area contributed by atoms with Gasteiger partial charge in [-0.05, 0) is 5.56 Å². The normalized spacial score (nSPS) is 18.5. The Morgan fingerprint density at radius 1 is 1.25 bits per heavy atom. The van der Waals surface area contributed by atoms with Gasteiger partial charge in [0.25, 0.3) is 0 Å². The van der Waals surface area contributed by atoms with Crippen LogP contribution in [0.5, 0.6) is 0 Å². The first kappa shape index (κ1) is 8.90. The molecule has 1 aliphatic heterocycles. The molecule has 0 aliphatic carbocycles.